The van der Waals surface area contributed by atoms with E-state index in [1.807, 2.05) is 6.07 Å². The van der Waals surface area contributed by atoms with Crippen LogP contribution in [-0.2, 0) is 16.0 Å². The van der Waals surface area contributed by atoms with Crippen LogP contribution < -0.4 is 20.9 Å². The summed E-state index contributed by atoms with van der Waals surface area (Å²) in [5, 5.41) is 15.4. The van der Waals surface area contributed by atoms with Crippen molar-refractivity contribution in [3.05, 3.63) is 94.8 Å². The van der Waals surface area contributed by atoms with Gasteiger partial charge < -0.3 is 20.5 Å². The summed E-state index contributed by atoms with van der Waals surface area (Å²) < 4.78 is 6.56. The number of aliphatic carboxylic acids is 1. The van der Waals surface area contributed by atoms with Crippen molar-refractivity contribution in [2.24, 2.45) is 0 Å². The fourth-order valence-corrected chi connectivity index (χ4v) is 3.68. The third kappa shape index (κ3) is 5.47. The Hall–Kier alpha value is -4.66. The van der Waals surface area contributed by atoms with Crippen molar-refractivity contribution in [3.8, 4) is 11.4 Å². The van der Waals surface area contributed by atoms with Gasteiger partial charge in [0, 0.05) is 6.42 Å². The number of carboxylic acid groups (broad SMARTS) is 1. The quantitative estimate of drug-likeness (QED) is 0.342. The van der Waals surface area contributed by atoms with E-state index in [-0.39, 0.29) is 24.5 Å². The van der Waals surface area contributed by atoms with Gasteiger partial charge in [0.25, 0.3) is 5.56 Å². The number of anilines is 1. The van der Waals surface area contributed by atoms with Gasteiger partial charge in [0.15, 0.2) is 0 Å². The average Bonchev–Trinajstić information content (AvgIpc) is 2.88. The zero-order valence-corrected chi connectivity index (χ0v) is 19.0. The van der Waals surface area contributed by atoms with Crippen LogP contribution in [0.15, 0.2) is 83.7 Å². The molecule has 1 heterocycles. The van der Waals surface area contributed by atoms with E-state index < -0.39 is 17.9 Å². The first-order valence-electron chi connectivity index (χ1n) is 10.9. The highest BCUT2D eigenvalue weighted by atomic mass is 16.5. The largest absolute Gasteiger partial charge is 0.497 e. The van der Waals surface area contributed by atoms with Crippen molar-refractivity contribution in [1.82, 2.24) is 14.9 Å². The first kappa shape index (κ1) is 23.5. The van der Waals surface area contributed by atoms with Crippen molar-refractivity contribution >= 4 is 28.7 Å². The van der Waals surface area contributed by atoms with Crippen LogP contribution in [0, 0.1) is 0 Å². The fourth-order valence-electron chi connectivity index (χ4n) is 3.68. The Balaban J connectivity index is 1.58. The number of carbonyl (C=O) groups is 2. The predicted molar refractivity (Wildman–Crippen MR) is 132 cm³/mol. The molecule has 1 aromatic heterocycles. The Morgan fingerprint density at radius 3 is 2.37 bits per heavy atom. The summed E-state index contributed by atoms with van der Waals surface area (Å²) in [6, 6.07) is 21.7. The Morgan fingerprint density at radius 2 is 1.69 bits per heavy atom. The van der Waals surface area contributed by atoms with Crippen LogP contribution in [0.1, 0.15) is 5.56 Å². The molecule has 1 unspecified atom stereocenters. The van der Waals surface area contributed by atoms with E-state index in [1.165, 1.54) is 4.57 Å². The number of para-hydroxylation sites is 1. The molecule has 0 aliphatic rings. The number of amides is 1. The van der Waals surface area contributed by atoms with Crippen LogP contribution in [0.5, 0.6) is 5.75 Å². The summed E-state index contributed by atoms with van der Waals surface area (Å²) >= 11 is 0. The maximum absolute atomic E-state index is 13.3. The summed E-state index contributed by atoms with van der Waals surface area (Å²) in [6.45, 7) is -0.278. The number of aromatic nitrogens is 2. The third-order valence-electron chi connectivity index (χ3n) is 5.43. The molecule has 0 spiro atoms. The van der Waals surface area contributed by atoms with Gasteiger partial charge >= 0.3 is 5.97 Å². The minimum atomic E-state index is -1.14. The number of nitrogens with one attached hydrogen (secondary N) is 2. The minimum Gasteiger partial charge on any atom is -0.497 e. The molecule has 35 heavy (non-hydrogen) atoms. The van der Waals surface area contributed by atoms with E-state index in [0.717, 1.165) is 5.56 Å². The molecular formula is C26H24N4O5. The number of rotatable bonds is 9. The normalized spacial score (nSPS) is 11.6. The van der Waals surface area contributed by atoms with Crippen molar-refractivity contribution in [3.63, 3.8) is 0 Å². The molecule has 0 aliphatic carbocycles. The molecule has 0 bridgehead atoms. The van der Waals surface area contributed by atoms with Crippen LogP contribution in [0.2, 0.25) is 0 Å². The summed E-state index contributed by atoms with van der Waals surface area (Å²) in [5.41, 5.74) is 1.48. The topological polar surface area (TPSA) is 123 Å². The number of ether oxygens (including phenoxy) is 1. The Labute approximate surface area is 201 Å². The molecule has 1 atom stereocenters. The lowest BCUT2D eigenvalue weighted by Gasteiger charge is -2.17. The van der Waals surface area contributed by atoms with Crippen LogP contribution >= 0.6 is 0 Å². The molecule has 178 valence electrons. The smallest absolute Gasteiger partial charge is 0.326 e. The average molecular weight is 473 g/mol. The number of benzene rings is 3. The number of methoxy groups -OCH3 is 1. The zero-order chi connectivity index (χ0) is 24.8. The number of nitrogens with zero attached hydrogens (tertiary/aromatic N) is 2. The molecule has 0 fully saturated rings. The maximum atomic E-state index is 13.3. The van der Waals surface area contributed by atoms with Crippen LogP contribution in [0.25, 0.3) is 16.6 Å². The molecule has 3 N–H and O–H groups in total. The SMILES string of the molecule is COc1ccc(-n2c(NCC(=O)NC(Cc3ccccc3)C(=O)O)nc3ccccc3c2=O)cc1. The monoisotopic (exact) mass is 472 g/mol. The summed E-state index contributed by atoms with van der Waals surface area (Å²) in [7, 11) is 1.55. The van der Waals surface area contributed by atoms with E-state index >= 15 is 0 Å². The van der Waals surface area contributed by atoms with Gasteiger partial charge in [0.2, 0.25) is 11.9 Å². The number of carboxylic acids is 1. The molecule has 4 aromatic rings. The molecule has 4 rings (SSSR count). The molecule has 1 amide bonds. The summed E-state index contributed by atoms with van der Waals surface area (Å²) in [6.07, 6.45) is 0.146. The van der Waals surface area contributed by atoms with Crippen molar-refractivity contribution in [1.29, 1.82) is 0 Å². The fraction of sp³-hybridized carbons (Fsp3) is 0.154. The van der Waals surface area contributed by atoms with E-state index in [0.29, 0.717) is 22.3 Å². The molecule has 9 nitrogen and oxygen atoms in total. The number of carbonyl (C=O) groups excluding carboxylic acids is 1. The summed E-state index contributed by atoms with van der Waals surface area (Å²) in [5.74, 6) is -0.898. The highest BCUT2D eigenvalue weighted by Gasteiger charge is 2.21. The molecule has 0 radical (unpaired) electrons. The molecule has 0 saturated heterocycles. The molecule has 3 aromatic carbocycles. The predicted octanol–water partition coefficient (Wildman–Crippen LogP) is 2.62. The van der Waals surface area contributed by atoms with E-state index in [4.69, 9.17) is 4.74 Å². The van der Waals surface area contributed by atoms with Gasteiger partial charge in [0.1, 0.15) is 11.8 Å². The van der Waals surface area contributed by atoms with Crippen molar-refractivity contribution in [2.45, 2.75) is 12.5 Å². The van der Waals surface area contributed by atoms with E-state index in [9.17, 15) is 19.5 Å². The molecule has 0 saturated carbocycles. The first-order valence-corrected chi connectivity index (χ1v) is 10.9. The zero-order valence-electron chi connectivity index (χ0n) is 19.0. The lowest BCUT2D eigenvalue weighted by atomic mass is 10.1. The van der Waals surface area contributed by atoms with Crippen LogP contribution in [-0.4, -0.2) is 46.2 Å². The Morgan fingerprint density at radius 1 is 1.00 bits per heavy atom. The van der Waals surface area contributed by atoms with Crippen LogP contribution in [0.4, 0.5) is 5.95 Å². The first-order chi connectivity index (χ1) is 17.0. The maximum Gasteiger partial charge on any atom is 0.326 e. The van der Waals surface area contributed by atoms with Gasteiger partial charge in [-0.25, -0.2) is 14.3 Å². The second kappa shape index (κ2) is 10.5. The van der Waals surface area contributed by atoms with Crippen molar-refractivity contribution in [2.75, 3.05) is 19.0 Å². The number of fused-ring (bicyclic) bond motifs is 1. The minimum absolute atomic E-state index is 0.146. The van der Waals surface area contributed by atoms with Crippen LogP contribution in [0.3, 0.4) is 0 Å². The third-order valence-corrected chi connectivity index (χ3v) is 5.43. The Kier molecular flexibility index (Phi) is 7.06. The van der Waals surface area contributed by atoms with E-state index in [2.05, 4.69) is 15.6 Å². The lowest BCUT2D eigenvalue weighted by molar-refractivity contribution is -0.141. The van der Waals surface area contributed by atoms with Gasteiger partial charge in [-0.1, -0.05) is 42.5 Å². The highest BCUT2D eigenvalue weighted by molar-refractivity contribution is 5.86. The second-order valence-electron chi connectivity index (χ2n) is 7.79. The second-order valence-corrected chi connectivity index (χ2v) is 7.79. The molecule has 0 aliphatic heterocycles. The lowest BCUT2D eigenvalue weighted by Crippen LogP contribution is -2.44. The number of hydrogen-bond acceptors (Lipinski definition) is 6. The van der Waals surface area contributed by atoms with E-state index in [1.54, 1.807) is 79.9 Å². The molecular weight excluding hydrogens is 448 g/mol. The van der Waals surface area contributed by atoms with Gasteiger partial charge in [0.05, 0.1) is 30.2 Å². The van der Waals surface area contributed by atoms with Gasteiger partial charge in [-0.05, 0) is 42.0 Å². The number of hydrogen-bond donors (Lipinski definition) is 3. The molecule has 9 heteroatoms. The highest BCUT2D eigenvalue weighted by Crippen LogP contribution is 2.19. The summed E-state index contributed by atoms with van der Waals surface area (Å²) in [4.78, 5) is 42.2. The van der Waals surface area contributed by atoms with Gasteiger partial charge in [-0.3, -0.25) is 9.59 Å². The van der Waals surface area contributed by atoms with Crippen molar-refractivity contribution < 1.29 is 19.4 Å². The Bertz CT molecular complexity index is 1400. The van der Waals surface area contributed by atoms with Gasteiger partial charge in [-0.15, -0.1) is 0 Å². The standard InChI is InChI=1S/C26H24N4O5/c1-35-19-13-11-18(12-14-19)30-24(32)20-9-5-6-10-21(20)29-26(30)27-16-23(31)28-22(25(33)34)15-17-7-3-2-4-8-17/h2-14,22H,15-16H2,1H3,(H,27,29)(H,28,31)(H,33,34). The van der Waals surface area contributed by atoms with Gasteiger partial charge in [-0.2, -0.15) is 0 Å².